The lowest BCUT2D eigenvalue weighted by Crippen LogP contribution is -2.26. The Hall–Kier alpha value is -2.28. The van der Waals surface area contributed by atoms with Crippen LogP contribution in [0.5, 0.6) is 0 Å². The normalized spacial score (nSPS) is 17.0. The lowest BCUT2D eigenvalue weighted by molar-refractivity contribution is -0.384. The molecule has 132 valence electrons. The van der Waals surface area contributed by atoms with Gasteiger partial charge in [0.15, 0.2) is 5.13 Å². The minimum absolute atomic E-state index is 0.0329. The van der Waals surface area contributed by atoms with Crippen LogP contribution in [0.4, 0.5) is 10.8 Å². The highest BCUT2D eigenvalue weighted by molar-refractivity contribution is 7.15. The van der Waals surface area contributed by atoms with Crippen LogP contribution in [0.3, 0.4) is 0 Å². The quantitative estimate of drug-likeness (QED) is 0.648. The van der Waals surface area contributed by atoms with Gasteiger partial charge in [-0.2, -0.15) is 0 Å². The highest BCUT2D eigenvalue weighted by Crippen LogP contribution is 2.40. The standard InChI is InChI=1S/C18H21N3O3S/c1-18(2,3)12-6-9-14-15(10-12)25-17(19-14)20-16(22)11-4-7-13(8-5-11)21(23)24/h4-5,7-8,12H,6,9-10H2,1-3H3,(H,19,20,22)/t12-/m1/s1. The van der Waals surface area contributed by atoms with Crippen molar-refractivity contribution in [3.8, 4) is 0 Å². The summed E-state index contributed by atoms with van der Waals surface area (Å²) in [6.45, 7) is 6.79. The maximum Gasteiger partial charge on any atom is 0.269 e. The SMILES string of the molecule is CC(C)(C)[C@@H]1CCc2nc(NC(=O)c3ccc([N+](=O)[O-])cc3)sc2C1. The maximum absolute atomic E-state index is 12.3. The van der Waals surface area contributed by atoms with Crippen molar-refractivity contribution in [2.75, 3.05) is 5.32 Å². The third kappa shape index (κ3) is 3.87. The number of non-ortho nitro benzene ring substituents is 1. The molecule has 0 bridgehead atoms. The van der Waals surface area contributed by atoms with Crippen LogP contribution >= 0.6 is 11.3 Å². The molecule has 0 aliphatic heterocycles. The van der Waals surface area contributed by atoms with Crippen molar-refractivity contribution >= 4 is 28.1 Å². The van der Waals surface area contributed by atoms with Gasteiger partial charge in [-0.25, -0.2) is 4.98 Å². The number of rotatable bonds is 3. The molecule has 3 rings (SSSR count). The van der Waals surface area contributed by atoms with Crippen LogP contribution in [0.1, 0.15) is 48.1 Å². The molecule has 1 N–H and O–H groups in total. The molecular weight excluding hydrogens is 338 g/mol. The molecule has 25 heavy (non-hydrogen) atoms. The molecule has 1 heterocycles. The molecule has 1 aromatic heterocycles. The van der Waals surface area contributed by atoms with Gasteiger partial charge in [0.1, 0.15) is 0 Å². The van der Waals surface area contributed by atoms with Gasteiger partial charge >= 0.3 is 0 Å². The van der Waals surface area contributed by atoms with Crippen molar-refractivity contribution in [2.45, 2.75) is 40.0 Å². The number of anilines is 1. The second-order valence-electron chi connectivity index (χ2n) is 7.45. The van der Waals surface area contributed by atoms with E-state index in [-0.39, 0.29) is 17.0 Å². The predicted octanol–water partition coefficient (Wildman–Crippen LogP) is 4.45. The second-order valence-corrected chi connectivity index (χ2v) is 8.54. The van der Waals surface area contributed by atoms with Gasteiger partial charge in [-0.05, 0) is 42.7 Å². The predicted molar refractivity (Wildman–Crippen MR) is 98.1 cm³/mol. The van der Waals surface area contributed by atoms with E-state index in [0.717, 1.165) is 25.0 Å². The van der Waals surface area contributed by atoms with E-state index in [1.165, 1.54) is 40.5 Å². The van der Waals surface area contributed by atoms with Gasteiger partial charge in [0, 0.05) is 22.6 Å². The number of nitro benzene ring substituents is 1. The topological polar surface area (TPSA) is 85.1 Å². The number of carbonyl (C=O) groups excluding carboxylic acids is 1. The molecule has 1 aromatic carbocycles. The van der Waals surface area contributed by atoms with Gasteiger partial charge in [0.05, 0.1) is 10.6 Å². The third-order valence-electron chi connectivity index (χ3n) is 4.73. The number of nitro groups is 1. The van der Waals surface area contributed by atoms with E-state index in [0.29, 0.717) is 16.6 Å². The van der Waals surface area contributed by atoms with E-state index in [9.17, 15) is 14.9 Å². The van der Waals surface area contributed by atoms with Crippen molar-refractivity contribution < 1.29 is 9.72 Å². The molecule has 0 fully saturated rings. The number of benzene rings is 1. The fourth-order valence-corrected chi connectivity index (χ4v) is 4.15. The van der Waals surface area contributed by atoms with Crippen LogP contribution in [-0.4, -0.2) is 15.8 Å². The van der Waals surface area contributed by atoms with Crippen LogP contribution in [-0.2, 0) is 12.8 Å². The number of fused-ring (bicyclic) bond motifs is 1. The minimum atomic E-state index is -0.484. The van der Waals surface area contributed by atoms with Gasteiger partial charge in [-0.15, -0.1) is 11.3 Å². The van der Waals surface area contributed by atoms with Crippen LogP contribution in [0, 0.1) is 21.4 Å². The number of amides is 1. The van der Waals surface area contributed by atoms with Crippen molar-refractivity contribution in [2.24, 2.45) is 11.3 Å². The van der Waals surface area contributed by atoms with Crippen molar-refractivity contribution in [1.29, 1.82) is 0 Å². The van der Waals surface area contributed by atoms with Crippen molar-refractivity contribution in [3.05, 3.63) is 50.5 Å². The van der Waals surface area contributed by atoms with Gasteiger partial charge in [0.2, 0.25) is 0 Å². The molecule has 1 aliphatic rings. The number of aryl methyl sites for hydroxylation is 1. The first-order chi connectivity index (χ1) is 11.7. The highest BCUT2D eigenvalue weighted by atomic mass is 32.1. The lowest BCUT2D eigenvalue weighted by atomic mass is 9.73. The average molecular weight is 359 g/mol. The molecule has 7 heteroatoms. The van der Waals surface area contributed by atoms with Gasteiger partial charge in [0.25, 0.3) is 11.6 Å². The zero-order chi connectivity index (χ0) is 18.2. The first-order valence-electron chi connectivity index (χ1n) is 8.28. The summed E-state index contributed by atoms with van der Waals surface area (Å²) in [7, 11) is 0. The van der Waals surface area contributed by atoms with Crippen LogP contribution < -0.4 is 5.32 Å². The molecule has 0 saturated carbocycles. The van der Waals surface area contributed by atoms with E-state index in [1.54, 1.807) is 0 Å². The van der Waals surface area contributed by atoms with Crippen LogP contribution in [0.15, 0.2) is 24.3 Å². The summed E-state index contributed by atoms with van der Waals surface area (Å²) >= 11 is 1.53. The fraction of sp³-hybridized carbons (Fsp3) is 0.444. The Morgan fingerprint density at radius 1 is 1.32 bits per heavy atom. The molecule has 1 aliphatic carbocycles. The first-order valence-corrected chi connectivity index (χ1v) is 9.10. The molecule has 0 radical (unpaired) electrons. The highest BCUT2D eigenvalue weighted by Gasteiger charge is 2.30. The summed E-state index contributed by atoms with van der Waals surface area (Å²) in [5.41, 5.74) is 1.70. The molecular formula is C18H21N3O3S. The summed E-state index contributed by atoms with van der Waals surface area (Å²) < 4.78 is 0. The number of nitrogens with zero attached hydrogens (tertiary/aromatic N) is 2. The molecule has 0 unspecified atom stereocenters. The average Bonchev–Trinajstić information content (AvgIpc) is 2.95. The molecule has 0 saturated heterocycles. The number of hydrogen-bond donors (Lipinski definition) is 1. The number of carbonyl (C=O) groups is 1. The summed E-state index contributed by atoms with van der Waals surface area (Å²) in [6.07, 6.45) is 3.07. The number of aromatic nitrogens is 1. The van der Waals surface area contributed by atoms with Crippen LogP contribution in [0.2, 0.25) is 0 Å². The van der Waals surface area contributed by atoms with E-state index in [1.807, 2.05) is 0 Å². The third-order valence-corrected chi connectivity index (χ3v) is 5.76. The molecule has 6 nitrogen and oxygen atoms in total. The molecule has 1 amide bonds. The summed E-state index contributed by atoms with van der Waals surface area (Å²) in [6, 6.07) is 5.57. The Labute approximate surface area is 150 Å². The molecule has 0 spiro atoms. The Morgan fingerprint density at radius 2 is 2.00 bits per heavy atom. The molecule has 1 atom stereocenters. The van der Waals surface area contributed by atoms with Crippen molar-refractivity contribution in [1.82, 2.24) is 4.98 Å². The number of nitrogens with one attached hydrogen (secondary N) is 1. The maximum atomic E-state index is 12.3. The van der Waals surface area contributed by atoms with Gasteiger partial charge in [-0.3, -0.25) is 20.2 Å². The van der Waals surface area contributed by atoms with Gasteiger partial charge in [-0.1, -0.05) is 20.8 Å². The Morgan fingerprint density at radius 3 is 2.60 bits per heavy atom. The van der Waals surface area contributed by atoms with E-state index < -0.39 is 4.92 Å². The lowest BCUT2D eigenvalue weighted by Gasteiger charge is -2.33. The summed E-state index contributed by atoms with van der Waals surface area (Å²) in [4.78, 5) is 28.3. The Balaban J connectivity index is 1.71. The van der Waals surface area contributed by atoms with E-state index in [2.05, 4.69) is 31.1 Å². The Kier molecular flexibility index (Phi) is 4.60. The van der Waals surface area contributed by atoms with E-state index in [4.69, 9.17) is 0 Å². The zero-order valence-corrected chi connectivity index (χ0v) is 15.4. The summed E-state index contributed by atoms with van der Waals surface area (Å²) in [5.74, 6) is 0.326. The molecule has 2 aromatic rings. The van der Waals surface area contributed by atoms with E-state index >= 15 is 0 Å². The van der Waals surface area contributed by atoms with Gasteiger partial charge < -0.3 is 0 Å². The fourth-order valence-electron chi connectivity index (χ4n) is 3.07. The number of hydrogen-bond acceptors (Lipinski definition) is 5. The minimum Gasteiger partial charge on any atom is -0.298 e. The number of thiazole rings is 1. The second kappa shape index (κ2) is 6.55. The zero-order valence-electron chi connectivity index (χ0n) is 14.5. The van der Waals surface area contributed by atoms with Crippen LogP contribution in [0.25, 0.3) is 0 Å². The first kappa shape index (κ1) is 17.5. The summed E-state index contributed by atoms with van der Waals surface area (Å²) in [5, 5.41) is 14.1. The largest absolute Gasteiger partial charge is 0.298 e. The Bertz CT molecular complexity index is 806. The monoisotopic (exact) mass is 359 g/mol. The van der Waals surface area contributed by atoms with Crippen molar-refractivity contribution in [3.63, 3.8) is 0 Å². The smallest absolute Gasteiger partial charge is 0.269 e.